The van der Waals surface area contributed by atoms with E-state index in [9.17, 15) is 10.1 Å². The molecule has 0 aliphatic heterocycles. The molecule has 2 aromatic rings. The van der Waals surface area contributed by atoms with Gasteiger partial charge in [0, 0.05) is 28.8 Å². The van der Waals surface area contributed by atoms with E-state index < -0.39 is 4.92 Å². The van der Waals surface area contributed by atoms with Crippen molar-refractivity contribution >= 4 is 27.3 Å². The number of hydrogen-bond donors (Lipinski definition) is 1. The number of nitrogens with one attached hydrogen (secondary N) is 1. The van der Waals surface area contributed by atoms with Gasteiger partial charge in [-0.05, 0) is 40.5 Å². The molecule has 21 heavy (non-hydrogen) atoms. The number of hydrogen-bond acceptors (Lipinski definition) is 4. The normalized spacial score (nSPS) is 10.1. The van der Waals surface area contributed by atoms with Crippen molar-refractivity contribution in [2.24, 2.45) is 0 Å². The molecule has 0 aliphatic carbocycles. The Morgan fingerprint density at radius 1 is 1.19 bits per heavy atom. The monoisotopic (exact) mass is 350 g/mol. The van der Waals surface area contributed by atoms with E-state index in [1.54, 1.807) is 6.07 Å². The van der Waals surface area contributed by atoms with Crippen molar-refractivity contribution in [2.75, 3.05) is 18.5 Å². The molecule has 110 valence electrons. The van der Waals surface area contributed by atoms with Crippen molar-refractivity contribution in [3.8, 4) is 5.75 Å². The molecule has 0 fully saturated rings. The molecule has 0 spiro atoms. The molecule has 0 saturated heterocycles. The van der Waals surface area contributed by atoms with Crippen molar-refractivity contribution < 1.29 is 9.66 Å². The first-order chi connectivity index (χ1) is 10.2. The minimum absolute atomic E-state index is 0.0693. The van der Waals surface area contributed by atoms with E-state index in [2.05, 4.69) is 21.2 Å². The van der Waals surface area contributed by atoms with Crippen LogP contribution in [0.2, 0.25) is 0 Å². The standard InChI is InChI=1S/C15H15BrN2O3/c16-14-11-12(18(19)20)7-8-15(14)17-9-4-10-21-13-5-2-1-3-6-13/h1-3,5-8,11,17H,4,9-10H2. The summed E-state index contributed by atoms with van der Waals surface area (Å²) in [5.41, 5.74) is 0.903. The molecule has 0 bridgehead atoms. The third-order valence-corrected chi connectivity index (χ3v) is 3.47. The van der Waals surface area contributed by atoms with Gasteiger partial charge in [-0.2, -0.15) is 0 Å². The van der Waals surface area contributed by atoms with E-state index in [1.807, 2.05) is 30.3 Å². The van der Waals surface area contributed by atoms with Gasteiger partial charge in [0.05, 0.1) is 11.5 Å². The summed E-state index contributed by atoms with van der Waals surface area (Å²) in [6.45, 7) is 1.34. The lowest BCUT2D eigenvalue weighted by Crippen LogP contribution is -2.07. The molecular formula is C15H15BrN2O3. The zero-order valence-corrected chi connectivity index (χ0v) is 12.9. The fourth-order valence-corrected chi connectivity index (χ4v) is 2.27. The quantitative estimate of drug-likeness (QED) is 0.460. The summed E-state index contributed by atoms with van der Waals surface area (Å²) in [4.78, 5) is 10.2. The van der Waals surface area contributed by atoms with Crippen LogP contribution in [0.5, 0.6) is 5.75 Å². The van der Waals surface area contributed by atoms with Gasteiger partial charge in [-0.25, -0.2) is 0 Å². The largest absolute Gasteiger partial charge is 0.494 e. The number of para-hydroxylation sites is 1. The van der Waals surface area contributed by atoms with Gasteiger partial charge in [-0.15, -0.1) is 0 Å². The van der Waals surface area contributed by atoms with Crippen LogP contribution in [0.4, 0.5) is 11.4 Å². The summed E-state index contributed by atoms with van der Waals surface area (Å²) in [5.74, 6) is 0.856. The molecule has 2 aromatic carbocycles. The van der Waals surface area contributed by atoms with Gasteiger partial charge >= 0.3 is 0 Å². The lowest BCUT2D eigenvalue weighted by molar-refractivity contribution is -0.384. The lowest BCUT2D eigenvalue weighted by atomic mass is 10.3. The summed E-state index contributed by atoms with van der Waals surface area (Å²) in [6.07, 6.45) is 0.832. The number of rotatable bonds is 7. The number of nitrogens with zero attached hydrogens (tertiary/aromatic N) is 1. The van der Waals surface area contributed by atoms with Gasteiger partial charge in [0.2, 0.25) is 0 Å². The molecule has 0 heterocycles. The third-order valence-electron chi connectivity index (χ3n) is 2.81. The SMILES string of the molecule is O=[N+]([O-])c1ccc(NCCCOc2ccccc2)c(Br)c1. The Labute approximate surface area is 131 Å². The molecule has 0 saturated carbocycles. The molecule has 1 N–H and O–H groups in total. The van der Waals surface area contributed by atoms with Gasteiger partial charge in [0.1, 0.15) is 5.75 Å². The minimum Gasteiger partial charge on any atom is -0.494 e. The van der Waals surface area contributed by atoms with Crippen LogP contribution in [0.1, 0.15) is 6.42 Å². The molecule has 0 amide bonds. The minimum atomic E-state index is -0.414. The van der Waals surface area contributed by atoms with Crippen LogP contribution < -0.4 is 10.1 Å². The van der Waals surface area contributed by atoms with Crippen LogP contribution in [0.25, 0.3) is 0 Å². The van der Waals surface area contributed by atoms with E-state index >= 15 is 0 Å². The maximum absolute atomic E-state index is 10.6. The Morgan fingerprint density at radius 2 is 1.95 bits per heavy atom. The highest BCUT2D eigenvalue weighted by Crippen LogP contribution is 2.26. The number of halogens is 1. The highest BCUT2D eigenvalue weighted by Gasteiger charge is 2.08. The number of nitro groups is 1. The number of ether oxygens (including phenoxy) is 1. The van der Waals surface area contributed by atoms with E-state index in [0.29, 0.717) is 11.1 Å². The van der Waals surface area contributed by atoms with Crippen LogP contribution in [-0.4, -0.2) is 18.1 Å². The van der Waals surface area contributed by atoms with Crippen LogP contribution in [0.3, 0.4) is 0 Å². The maximum Gasteiger partial charge on any atom is 0.270 e. The molecule has 0 aromatic heterocycles. The Kier molecular flexibility index (Phi) is 5.57. The van der Waals surface area contributed by atoms with Crippen molar-refractivity contribution in [1.29, 1.82) is 0 Å². The number of nitro benzene ring substituents is 1. The average Bonchev–Trinajstić information content (AvgIpc) is 2.49. The molecule has 0 aliphatic rings. The van der Waals surface area contributed by atoms with E-state index in [0.717, 1.165) is 24.4 Å². The number of anilines is 1. The van der Waals surface area contributed by atoms with Crippen LogP contribution in [0, 0.1) is 10.1 Å². The molecular weight excluding hydrogens is 336 g/mol. The smallest absolute Gasteiger partial charge is 0.270 e. The number of benzene rings is 2. The van der Waals surface area contributed by atoms with E-state index in [4.69, 9.17) is 4.74 Å². The van der Waals surface area contributed by atoms with Gasteiger partial charge in [0.25, 0.3) is 5.69 Å². The molecule has 0 radical (unpaired) electrons. The van der Waals surface area contributed by atoms with E-state index in [-0.39, 0.29) is 5.69 Å². The van der Waals surface area contributed by atoms with Crippen molar-refractivity contribution in [3.05, 3.63) is 63.1 Å². The Balaban J connectivity index is 1.75. The predicted octanol–water partition coefficient (Wildman–Crippen LogP) is 4.24. The Hall–Kier alpha value is -2.08. The summed E-state index contributed by atoms with van der Waals surface area (Å²) >= 11 is 3.32. The molecule has 5 nitrogen and oxygen atoms in total. The van der Waals surface area contributed by atoms with E-state index in [1.165, 1.54) is 12.1 Å². The van der Waals surface area contributed by atoms with Crippen molar-refractivity contribution in [2.45, 2.75) is 6.42 Å². The van der Waals surface area contributed by atoms with Gasteiger partial charge in [-0.1, -0.05) is 18.2 Å². The number of non-ortho nitro benzene ring substituents is 1. The van der Waals surface area contributed by atoms with Crippen LogP contribution >= 0.6 is 15.9 Å². The Morgan fingerprint density at radius 3 is 2.62 bits per heavy atom. The zero-order chi connectivity index (χ0) is 15.1. The summed E-state index contributed by atoms with van der Waals surface area (Å²) in [5, 5.41) is 13.9. The Bertz CT molecular complexity index is 605. The molecule has 0 atom stereocenters. The van der Waals surface area contributed by atoms with Crippen molar-refractivity contribution in [1.82, 2.24) is 0 Å². The second-order valence-corrected chi connectivity index (χ2v) is 5.22. The molecule has 6 heteroatoms. The highest BCUT2D eigenvalue weighted by atomic mass is 79.9. The van der Waals surface area contributed by atoms with Gasteiger partial charge in [0.15, 0.2) is 0 Å². The first kappa shape index (κ1) is 15.3. The van der Waals surface area contributed by atoms with Crippen molar-refractivity contribution in [3.63, 3.8) is 0 Å². The first-order valence-electron chi connectivity index (χ1n) is 6.52. The van der Waals surface area contributed by atoms with Gasteiger partial charge in [-0.3, -0.25) is 10.1 Å². The summed E-state index contributed by atoms with van der Waals surface area (Å²) in [7, 11) is 0. The zero-order valence-electron chi connectivity index (χ0n) is 11.3. The topological polar surface area (TPSA) is 64.4 Å². The summed E-state index contributed by atoms with van der Waals surface area (Å²) < 4.78 is 6.26. The fourth-order valence-electron chi connectivity index (χ4n) is 1.76. The second kappa shape index (κ2) is 7.64. The fraction of sp³-hybridized carbons (Fsp3) is 0.200. The molecule has 0 unspecified atom stereocenters. The lowest BCUT2D eigenvalue weighted by Gasteiger charge is -2.09. The second-order valence-electron chi connectivity index (χ2n) is 4.36. The average molecular weight is 351 g/mol. The third kappa shape index (κ3) is 4.75. The maximum atomic E-state index is 10.6. The molecule has 2 rings (SSSR count). The summed E-state index contributed by atoms with van der Waals surface area (Å²) in [6, 6.07) is 14.3. The predicted molar refractivity (Wildman–Crippen MR) is 85.8 cm³/mol. The van der Waals surface area contributed by atoms with Crippen LogP contribution in [-0.2, 0) is 0 Å². The van der Waals surface area contributed by atoms with Crippen LogP contribution in [0.15, 0.2) is 53.0 Å². The van der Waals surface area contributed by atoms with Gasteiger partial charge < -0.3 is 10.1 Å². The first-order valence-corrected chi connectivity index (χ1v) is 7.32. The highest BCUT2D eigenvalue weighted by molar-refractivity contribution is 9.10.